The van der Waals surface area contributed by atoms with E-state index >= 15 is 0 Å². The van der Waals surface area contributed by atoms with Crippen LogP contribution in [0.5, 0.6) is 5.88 Å². The van der Waals surface area contributed by atoms with E-state index in [4.69, 9.17) is 4.74 Å². The van der Waals surface area contributed by atoms with Gasteiger partial charge in [-0.1, -0.05) is 6.07 Å². The zero-order valence-electron chi connectivity index (χ0n) is 8.84. The van der Waals surface area contributed by atoms with Crippen molar-refractivity contribution in [3.63, 3.8) is 0 Å². The predicted molar refractivity (Wildman–Crippen MR) is 53.2 cm³/mol. The summed E-state index contributed by atoms with van der Waals surface area (Å²) in [5.74, 6) is 0.212. The SMILES string of the molecule is CNCc1ccc(OCCC(F)(F)F)nc1. The van der Waals surface area contributed by atoms with Crippen molar-refractivity contribution >= 4 is 0 Å². The van der Waals surface area contributed by atoms with Gasteiger partial charge in [0.15, 0.2) is 0 Å². The number of pyridine rings is 1. The normalized spacial score (nSPS) is 11.5. The van der Waals surface area contributed by atoms with Crippen LogP contribution < -0.4 is 10.1 Å². The second-order valence-electron chi connectivity index (χ2n) is 3.25. The van der Waals surface area contributed by atoms with Gasteiger partial charge in [-0.2, -0.15) is 13.2 Å². The summed E-state index contributed by atoms with van der Waals surface area (Å²) in [4.78, 5) is 3.89. The minimum atomic E-state index is -4.19. The molecule has 0 saturated heterocycles. The lowest BCUT2D eigenvalue weighted by molar-refractivity contribution is -0.139. The summed E-state index contributed by atoms with van der Waals surface area (Å²) >= 11 is 0. The zero-order valence-corrected chi connectivity index (χ0v) is 8.84. The third-order valence-electron chi connectivity index (χ3n) is 1.81. The summed E-state index contributed by atoms with van der Waals surface area (Å²) in [5, 5.41) is 2.94. The second-order valence-corrected chi connectivity index (χ2v) is 3.25. The largest absolute Gasteiger partial charge is 0.477 e. The maximum Gasteiger partial charge on any atom is 0.392 e. The number of halogens is 3. The van der Waals surface area contributed by atoms with Gasteiger partial charge in [-0.25, -0.2) is 4.98 Å². The lowest BCUT2D eigenvalue weighted by Gasteiger charge is -2.08. The van der Waals surface area contributed by atoms with E-state index < -0.39 is 19.2 Å². The van der Waals surface area contributed by atoms with Crippen molar-refractivity contribution in [2.45, 2.75) is 19.1 Å². The van der Waals surface area contributed by atoms with E-state index in [1.165, 1.54) is 0 Å². The highest BCUT2D eigenvalue weighted by atomic mass is 19.4. The van der Waals surface area contributed by atoms with Gasteiger partial charge >= 0.3 is 6.18 Å². The summed E-state index contributed by atoms with van der Waals surface area (Å²) in [5.41, 5.74) is 0.950. The minimum Gasteiger partial charge on any atom is -0.477 e. The molecule has 1 heterocycles. The summed E-state index contributed by atoms with van der Waals surface area (Å²) in [6.45, 7) is 0.262. The highest BCUT2D eigenvalue weighted by Crippen LogP contribution is 2.19. The molecule has 0 aliphatic heterocycles. The van der Waals surface area contributed by atoms with Crippen molar-refractivity contribution in [2.24, 2.45) is 0 Å². The molecule has 0 bridgehead atoms. The first kappa shape index (κ1) is 12.8. The third-order valence-corrected chi connectivity index (χ3v) is 1.81. The van der Waals surface area contributed by atoms with Crippen LogP contribution in [0.15, 0.2) is 18.3 Å². The molecule has 0 radical (unpaired) electrons. The molecule has 0 aliphatic rings. The van der Waals surface area contributed by atoms with Gasteiger partial charge in [0.1, 0.15) is 0 Å². The van der Waals surface area contributed by atoms with Crippen LogP contribution >= 0.6 is 0 Å². The van der Waals surface area contributed by atoms with Crippen molar-refractivity contribution in [1.82, 2.24) is 10.3 Å². The van der Waals surface area contributed by atoms with Crippen LogP contribution in [0, 0.1) is 0 Å². The number of nitrogens with one attached hydrogen (secondary N) is 1. The molecule has 90 valence electrons. The summed E-state index contributed by atoms with van der Waals surface area (Å²) in [6, 6.07) is 3.31. The number of nitrogens with zero attached hydrogens (tertiary/aromatic N) is 1. The molecule has 0 spiro atoms. The Kier molecular flexibility index (Phi) is 4.54. The number of ether oxygens (including phenoxy) is 1. The van der Waals surface area contributed by atoms with Crippen molar-refractivity contribution < 1.29 is 17.9 Å². The van der Waals surface area contributed by atoms with Crippen molar-refractivity contribution in [2.75, 3.05) is 13.7 Å². The first-order chi connectivity index (χ1) is 7.51. The van der Waals surface area contributed by atoms with Crippen LogP contribution in [0.2, 0.25) is 0 Å². The minimum absolute atomic E-state index is 0.212. The Morgan fingerprint density at radius 3 is 2.62 bits per heavy atom. The van der Waals surface area contributed by atoms with Crippen LogP contribution in [-0.2, 0) is 6.54 Å². The first-order valence-electron chi connectivity index (χ1n) is 4.80. The van der Waals surface area contributed by atoms with Gasteiger partial charge in [-0.05, 0) is 12.6 Å². The molecule has 1 N–H and O–H groups in total. The predicted octanol–water partition coefficient (Wildman–Crippen LogP) is 2.13. The molecule has 0 aliphatic carbocycles. The van der Waals surface area contributed by atoms with Crippen molar-refractivity contribution in [1.29, 1.82) is 0 Å². The Morgan fingerprint density at radius 2 is 2.12 bits per heavy atom. The summed E-state index contributed by atoms with van der Waals surface area (Å²) in [7, 11) is 1.80. The van der Waals surface area contributed by atoms with Crippen LogP contribution in [0.25, 0.3) is 0 Å². The van der Waals surface area contributed by atoms with Crippen molar-refractivity contribution in [3.05, 3.63) is 23.9 Å². The van der Waals surface area contributed by atoms with Gasteiger partial charge in [-0.15, -0.1) is 0 Å². The van der Waals surface area contributed by atoms with Gasteiger partial charge in [-0.3, -0.25) is 0 Å². The van der Waals surface area contributed by atoms with Gasteiger partial charge in [0.05, 0.1) is 13.0 Å². The second kappa shape index (κ2) is 5.69. The van der Waals surface area contributed by atoms with E-state index in [1.807, 2.05) is 0 Å². The smallest absolute Gasteiger partial charge is 0.392 e. The lowest BCUT2D eigenvalue weighted by atomic mass is 10.3. The Morgan fingerprint density at radius 1 is 1.38 bits per heavy atom. The quantitative estimate of drug-likeness (QED) is 0.847. The number of hydrogen-bond acceptors (Lipinski definition) is 3. The van der Waals surface area contributed by atoms with Crippen LogP contribution in [0.1, 0.15) is 12.0 Å². The highest BCUT2D eigenvalue weighted by molar-refractivity contribution is 5.17. The molecule has 16 heavy (non-hydrogen) atoms. The van der Waals surface area contributed by atoms with E-state index in [1.54, 1.807) is 25.4 Å². The molecule has 0 aromatic carbocycles. The van der Waals surface area contributed by atoms with Crippen LogP contribution in [0.3, 0.4) is 0 Å². The number of aromatic nitrogens is 1. The molecule has 0 saturated carbocycles. The molecule has 1 rings (SSSR count). The fraction of sp³-hybridized carbons (Fsp3) is 0.500. The molecule has 6 heteroatoms. The Labute approximate surface area is 91.6 Å². The maximum atomic E-state index is 11.8. The van der Waals surface area contributed by atoms with E-state index in [-0.39, 0.29) is 5.88 Å². The van der Waals surface area contributed by atoms with E-state index in [2.05, 4.69) is 10.3 Å². The number of rotatable bonds is 5. The van der Waals surface area contributed by atoms with E-state index in [0.29, 0.717) is 6.54 Å². The van der Waals surface area contributed by atoms with Gasteiger partial charge < -0.3 is 10.1 Å². The molecule has 0 amide bonds. The molecule has 0 atom stereocenters. The third kappa shape index (κ3) is 4.97. The van der Waals surface area contributed by atoms with Gasteiger partial charge in [0.2, 0.25) is 5.88 Å². The topological polar surface area (TPSA) is 34.1 Å². The fourth-order valence-corrected chi connectivity index (χ4v) is 1.08. The van der Waals surface area contributed by atoms with Crippen LogP contribution in [0.4, 0.5) is 13.2 Å². The summed E-state index contributed by atoms with van der Waals surface area (Å²) < 4.78 is 40.3. The maximum absolute atomic E-state index is 11.8. The average molecular weight is 234 g/mol. The fourth-order valence-electron chi connectivity index (χ4n) is 1.08. The first-order valence-corrected chi connectivity index (χ1v) is 4.80. The van der Waals surface area contributed by atoms with Gasteiger partial charge in [0.25, 0.3) is 0 Å². The Hall–Kier alpha value is -1.30. The number of hydrogen-bond donors (Lipinski definition) is 1. The monoisotopic (exact) mass is 234 g/mol. The molecule has 0 fully saturated rings. The molecule has 1 aromatic rings. The zero-order chi connectivity index (χ0) is 12.0. The Bertz CT molecular complexity index is 311. The molecular formula is C10H13F3N2O. The number of alkyl halides is 3. The highest BCUT2D eigenvalue weighted by Gasteiger charge is 2.26. The standard InChI is InChI=1S/C10H13F3N2O/c1-14-6-8-2-3-9(15-7-8)16-5-4-10(11,12)13/h2-3,7,14H,4-6H2,1H3. The average Bonchev–Trinajstić information content (AvgIpc) is 2.19. The van der Waals surface area contributed by atoms with Crippen LogP contribution in [-0.4, -0.2) is 24.8 Å². The summed E-state index contributed by atoms with van der Waals surface area (Å²) in [6.07, 6.45) is -3.58. The molecular weight excluding hydrogens is 221 g/mol. The van der Waals surface area contributed by atoms with Crippen molar-refractivity contribution in [3.8, 4) is 5.88 Å². The molecule has 0 unspecified atom stereocenters. The Balaban J connectivity index is 2.37. The molecule has 3 nitrogen and oxygen atoms in total. The van der Waals surface area contributed by atoms with Gasteiger partial charge in [0, 0.05) is 18.8 Å². The van der Waals surface area contributed by atoms with E-state index in [0.717, 1.165) is 5.56 Å². The lowest BCUT2D eigenvalue weighted by Crippen LogP contribution is -2.13. The molecule has 1 aromatic heterocycles. The van der Waals surface area contributed by atoms with E-state index in [9.17, 15) is 13.2 Å².